The van der Waals surface area contributed by atoms with Gasteiger partial charge >= 0.3 is 7.60 Å². The van der Waals surface area contributed by atoms with Gasteiger partial charge in [0.2, 0.25) is 0 Å². The molecular weight excluding hydrogens is 263 g/mol. The topological polar surface area (TPSA) is 66.8 Å². The average Bonchev–Trinajstić information content (AvgIpc) is 2.33. The average molecular weight is 278 g/mol. The summed E-state index contributed by atoms with van der Waals surface area (Å²) in [5.41, 5.74) is 1.86. The Kier molecular flexibility index (Phi) is 3.76. The van der Waals surface area contributed by atoms with Crippen molar-refractivity contribution in [3.05, 3.63) is 53.6 Å². The molecule has 0 aromatic heterocycles. The van der Waals surface area contributed by atoms with Gasteiger partial charge in [0, 0.05) is 0 Å². The summed E-state index contributed by atoms with van der Waals surface area (Å²) in [6.45, 7) is 3.73. The van der Waals surface area contributed by atoms with E-state index in [1.54, 1.807) is 31.2 Å². The number of rotatable bonds is 3. The summed E-state index contributed by atoms with van der Waals surface area (Å²) in [5.74, 6) is 0.729. The van der Waals surface area contributed by atoms with E-state index in [1.165, 1.54) is 6.07 Å². The lowest BCUT2D eigenvalue weighted by atomic mass is 10.2. The molecule has 0 amide bonds. The van der Waals surface area contributed by atoms with Crippen LogP contribution in [0.2, 0.25) is 0 Å². The van der Waals surface area contributed by atoms with Crippen molar-refractivity contribution in [3.63, 3.8) is 0 Å². The summed E-state index contributed by atoms with van der Waals surface area (Å²) in [4.78, 5) is 18.7. The van der Waals surface area contributed by atoms with Crippen molar-refractivity contribution in [2.24, 2.45) is 0 Å². The second kappa shape index (κ2) is 5.17. The Morgan fingerprint density at radius 1 is 0.947 bits per heavy atom. The maximum Gasteiger partial charge on any atom is 0.359 e. The molecule has 0 aliphatic carbocycles. The maximum absolute atomic E-state index is 11.5. The van der Waals surface area contributed by atoms with Gasteiger partial charge < -0.3 is 14.5 Å². The van der Waals surface area contributed by atoms with Gasteiger partial charge in [-0.05, 0) is 43.7 Å². The highest BCUT2D eigenvalue weighted by molar-refractivity contribution is 7.60. The molecule has 2 aromatic rings. The minimum atomic E-state index is -4.35. The smallest absolute Gasteiger partial charge is 0.359 e. The van der Waals surface area contributed by atoms with Crippen molar-refractivity contribution in [3.8, 4) is 11.5 Å². The molecule has 19 heavy (non-hydrogen) atoms. The van der Waals surface area contributed by atoms with E-state index in [1.807, 2.05) is 19.1 Å². The van der Waals surface area contributed by atoms with Gasteiger partial charge in [0.1, 0.15) is 16.8 Å². The number of aryl methyl sites for hydroxylation is 2. The fourth-order valence-corrected chi connectivity index (χ4v) is 2.45. The summed E-state index contributed by atoms with van der Waals surface area (Å²) in [5, 5.41) is -0.0897. The lowest BCUT2D eigenvalue weighted by Crippen LogP contribution is -2.08. The number of benzene rings is 2. The van der Waals surface area contributed by atoms with Crippen LogP contribution >= 0.6 is 7.60 Å². The fourth-order valence-electron chi connectivity index (χ4n) is 1.67. The highest BCUT2D eigenvalue weighted by Crippen LogP contribution is 2.38. The van der Waals surface area contributed by atoms with Crippen molar-refractivity contribution >= 4 is 12.9 Å². The summed E-state index contributed by atoms with van der Waals surface area (Å²) in [6, 6.07) is 12.1. The van der Waals surface area contributed by atoms with Crippen LogP contribution in [0, 0.1) is 13.8 Å². The summed E-state index contributed by atoms with van der Waals surface area (Å²) >= 11 is 0. The Morgan fingerprint density at radius 2 is 1.53 bits per heavy atom. The van der Waals surface area contributed by atoms with Crippen LogP contribution in [-0.4, -0.2) is 9.79 Å². The first-order chi connectivity index (χ1) is 8.86. The van der Waals surface area contributed by atoms with E-state index < -0.39 is 7.60 Å². The first-order valence-corrected chi connectivity index (χ1v) is 7.39. The van der Waals surface area contributed by atoms with Crippen LogP contribution in [0.1, 0.15) is 11.1 Å². The molecule has 0 unspecified atom stereocenters. The van der Waals surface area contributed by atoms with E-state index in [9.17, 15) is 14.4 Å². The van der Waals surface area contributed by atoms with Crippen molar-refractivity contribution in [2.75, 3.05) is 0 Å². The zero-order chi connectivity index (χ0) is 14.0. The SMILES string of the molecule is Cc1ccc(Oc2ccc(C)cc2P(=O)(O)O)cc1. The standard InChI is InChI=1S/C14H15O4P/c1-10-3-6-12(7-4-10)18-13-8-5-11(2)9-14(13)19(15,16)17/h3-9H,1-2H3,(H2,15,16,17). The number of hydrogen-bond donors (Lipinski definition) is 2. The van der Waals surface area contributed by atoms with Crippen LogP contribution in [0.3, 0.4) is 0 Å². The normalized spacial score (nSPS) is 11.4. The number of ether oxygens (including phenoxy) is 1. The van der Waals surface area contributed by atoms with Gasteiger partial charge in [0.05, 0.1) is 0 Å². The van der Waals surface area contributed by atoms with Crippen LogP contribution in [0.5, 0.6) is 11.5 Å². The molecule has 0 fully saturated rings. The zero-order valence-corrected chi connectivity index (χ0v) is 11.6. The minimum absolute atomic E-state index is 0.0897. The van der Waals surface area contributed by atoms with E-state index in [0.29, 0.717) is 5.75 Å². The van der Waals surface area contributed by atoms with Gasteiger partial charge in [-0.3, -0.25) is 4.57 Å². The molecule has 5 heteroatoms. The van der Waals surface area contributed by atoms with Crippen molar-refractivity contribution in [1.29, 1.82) is 0 Å². The molecule has 0 atom stereocenters. The third-order valence-electron chi connectivity index (χ3n) is 2.68. The molecule has 2 aromatic carbocycles. The van der Waals surface area contributed by atoms with E-state index >= 15 is 0 Å². The lowest BCUT2D eigenvalue weighted by Gasteiger charge is -2.13. The van der Waals surface area contributed by atoms with Crippen molar-refractivity contribution in [2.45, 2.75) is 13.8 Å². The highest BCUT2D eigenvalue weighted by Gasteiger charge is 2.23. The van der Waals surface area contributed by atoms with E-state index in [-0.39, 0.29) is 11.1 Å². The predicted molar refractivity (Wildman–Crippen MR) is 74.1 cm³/mol. The molecule has 0 saturated carbocycles. The Bertz CT molecular complexity index is 628. The van der Waals surface area contributed by atoms with Gasteiger partial charge in [-0.25, -0.2) is 0 Å². The molecule has 0 saturated heterocycles. The minimum Gasteiger partial charge on any atom is -0.456 e. The first-order valence-electron chi connectivity index (χ1n) is 5.77. The van der Waals surface area contributed by atoms with Crippen LogP contribution in [0.15, 0.2) is 42.5 Å². The fraction of sp³-hybridized carbons (Fsp3) is 0.143. The largest absolute Gasteiger partial charge is 0.456 e. The highest BCUT2D eigenvalue weighted by atomic mass is 31.2. The number of hydrogen-bond acceptors (Lipinski definition) is 2. The molecular formula is C14H15O4P. The Hall–Kier alpha value is -1.61. The quantitative estimate of drug-likeness (QED) is 0.847. The molecule has 0 aliphatic rings. The van der Waals surface area contributed by atoms with E-state index in [4.69, 9.17) is 4.74 Å². The van der Waals surface area contributed by atoms with Gasteiger partial charge in [-0.2, -0.15) is 0 Å². The van der Waals surface area contributed by atoms with Crippen LogP contribution < -0.4 is 10.0 Å². The third-order valence-corrected chi connectivity index (χ3v) is 3.65. The predicted octanol–water partition coefficient (Wildman–Crippen LogP) is 2.90. The molecule has 2 N–H and O–H groups in total. The maximum atomic E-state index is 11.5. The molecule has 4 nitrogen and oxygen atoms in total. The summed E-state index contributed by atoms with van der Waals surface area (Å²) in [7, 11) is -4.35. The Morgan fingerprint density at radius 3 is 2.11 bits per heavy atom. The molecule has 0 spiro atoms. The van der Waals surface area contributed by atoms with Gasteiger partial charge in [0.15, 0.2) is 0 Å². The molecule has 0 radical (unpaired) electrons. The Labute approximate surface area is 111 Å². The zero-order valence-electron chi connectivity index (χ0n) is 10.7. The van der Waals surface area contributed by atoms with Crippen molar-refractivity contribution in [1.82, 2.24) is 0 Å². The van der Waals surface area contributed by atoms with Crippen molar-refractivity contribution < 1.29 is 19.1 Å². The van der Waals surface area contributed by atoms with Crippen LogP contribution in [-0.2, 0) is 4.57 Å². The van der Waals surface area contributed by atoms with Gasteiger partial charge in [-0.15, -0.1) is 0 Å². The van der Waals surface area contributed by atoms with Gasteiger partial charge in [0.25, 0.3) is 0 Å². The van der Waals surface area contributed by atoms with Crippen LogP contribution in [0.4, 0.5) is 0 Å². The van der Waals surface area contributed by atoms with E-state index in [2.05, 4.69) is 0 Å². The lowest BCUT2D eigenvalue weighted by molar-refractivity contribution is 0.385. The Balaban J connectivity index is 2.40. The molecule has 0 bridgehead atoms. The second-order valence-corrected chi connectivity index (χ2v) is 6.00. The monoisotopic (exact) mass is 278 g/mol. The third kappa shape index (κ3) is 3.44. The summed E-state index contributed by atoms with van der Waals surface area (Å²) in [6.07, 6.45) is 0. The van der Waals surface area contributed by atoms with E-state index in [0.717, 1.165) is 11.1 Å². The molecule has 2 rings (SSSR count). The van der Waals surface area contributed by atoms with Crippen LogP contribution in [0.25, 0.3) is 0 Å². The summed E-state index contributed by atoms with van der Waals surface area (Å²) < 4.78 is 17.0. The second-order valence-electron chi connectivity index (χ2n) is 4.43. The van der Waals surface area contributed by atoms with Gasteiger partial charge in [-0.1, -0.05) is 23.8 Å². The first kappa shape index (κ1) is 13.8. The molecule has 0 aliphatic heterocycles. The molecule has 0 heterocycles. The molecule has 100 valence electrons.